The number of aromatic nitrogens is 2. The highest BCUT2D eigenvalue weighted by Gasteiger charge is 2.23. The highest BCUT2D eigenvalue weighted by molar-refractivity contribution is 7.71. The third kappa shape index (κ3) is 1.85. The highest BCUT2D eigenvalue weighted by atomic mass is 32.1. The van der Waals surface area contributed by atoms with Gasteiger partial charge in [0.1, 0.15) is 5.78 Å². The fourth-order valence-electron chi connectivity index (χ4n) is 1.60. The van der Waals surface area contributed by atoms with Crippen LogP contribution in [-0.2, 0) is 4.79 Å². The van der Waals surface area contributed by atoms with Gasteiger partial charge in [0.2, 0.25) is 5.89 Å². The largest absolute Gasteiger partial charge is 0.414 e. The Morgan fingerprint density at radius 2 is 2.15 bits per heavy atom. The Balaban J connectivity index is 2.10. The molecule has 0 spiro atoms. The minimum absolute atomic E-state index is 0.269. The molecule has 1 saturated carbocycles. The first-order valence-corrected chi connectivity index (χ1v) is 4.73. The van der Waals surface area contributed by atoms with E-state index < -0.39 is 0 Å². The fraction of sp³-hybridized carbons (Fsp3) is 0.625. The van der Waals surface area contributed by atoms with E-state index in [2.05, 4.69) is 10.2 Å². The molecule has 1 N–H and O–H groups in total. The summed E-state index contributed by atoms with van der Waals surface area (Å²) in [6.07, 6.45) is 2.95. The maximum Gasteiger partial charge on any atom is 0.284 e. The monoisotopic (exact) mass is 198 g/mol. The van der Waals surface area contributed by atoms with Crippen LogP contribution in [0.2, 0.25) is 0 Å². The number of carbonyl (C=O) groups excluding carboxylic acids is 1. The zero-order valence-electron chi connectivity index (χ0n) is 7.08. The lowest BCUT2D eigenvalue weighted by Crippen LogP contribution is -2.12. The van der Waals surface area contributed by atoms with Crippen LogP contribution in [-0.4, -0.2) is 16.0 Å². The SMILES string of the molecule is O=C1CCC(c2n[nH]c(=S)o2)CC1. The van der Waals surface area contributed by atoms with E-state index in [1.807, 2.05) is 0 Å². The zero-order valence-corrected chi connectivity index (χ0v) is 7.89. The lowest BCUT2D eigenvalue weighted by Gasteiger charge is -2.16. The predicted octanol–water partition coefficient (Wildman–Crippen LogP) is 1.96. The third-order valence-corrected chi connectivity index (χ3v) is 2.52. The standard InChI is InChI=1S/C8H10N2O2S/c11-6-3-1-5(2-4-6)7-9-10-8(13)12-7/h5H,1-4H2,(H,10,13). The maximum atomic E-state index is 11.0. The number of H-pyrrole nitrogens is 1. The number of nitrogens with zero attached hydrogens (tertiary/aromatic N) is 1. The molecular weight excluding hydrogens is 188 g/mol. The van der Waals surface area contributed by atoms with E-state index in [-0.39, 0.29) is 5.92 Å². The molecule has 0 unspecified atom stereocenters. The summed E-state index contributed by atoms with van der Waals surface area (Å²) in [6.45, 7) is 0. The van der Waals surface area contributed by atoms with Crippen molar-refractivity contribution in [2.75, 3.05) is 0 Å². The Kier molecular flexibility index (Phi) is 2.26. The van der Waals surface area contributed by atoms with E-state index in [1.54, 1.807) is 0 Å². The van der Waals surface area contributed by atoms with Crippen molar-refractivity contribution < 1.29 is 9.21 Å². The van der Waals surface area contributed by atoms with Crippen molar-refractivity contribution in [1.29, 1.82) is 0 Å². The van der Waals surface area contributed by atoms with Crippen molar-refractivity contribution in [3.63, 3.8) is 0 Å². The van der Waals surface area contributed by atoms with Gasteiger partial charge in [0.05, 0.1) is 0 Å². The van der Waals surface area contributed by atoms with Gasteiger partial charge in [0.15, 0.2) is 0 Å². The number of hydrogen-bond donors (Lipinski definition) is 1. The first kappa shape index (κ1) is 8.62. The first-order valence-electron chi connectivity index (χ1n) is 4.33. The van der Waals surface area contributed by atoms with Gasteiger partial charge in [-0.25, -0.2) is 5.10 Å². The number of aromatic amines is 1. The van der Waals surface area contributed by atoms with Crippen molar-refractivity contribution in [3.8, 4) is 0 Å². The van der Waals surface area contributed by atoms with E-state index >= 15 is 0 Å². The lowest BCUT2D eigenvalue weighted by atomic mass is 9.88. The van der Waals surface area contributed by atoms with Crippen LogP contribution in [0.15, 0.2) is 4.42 Å². The summed E-state index contributed by atoms with van der Waals surface area (Å²) < 4.78 is 5.20. The molecule has 2 rings (SSSR count). The summed E-state index contributed by atoms with van der Waals surface area (Å²) in [5.74, 6) is 1.26. The van der Waals surface area contributed by atoms with Crippen molar-refractivity contribution in [2.24, 2.45) is 0 Å². The molecule has 1 aromatic heterocycles. The molecule has 0 radical (unpaired) electrons. The third-order valence-electron chi connectivity index (χ3n) is 2.35. The Bertz CT molecular complexity index is 358. The summed E-state index contributed by atoms with van der Waals surface area (Å²) >= 11 is 4.77. The summed E-state index contributed by atoms with van der Waals surface area (Å²) in [4.78, 5) is 11.3. The molecule has 1 aliphatic carbocycles. The molecule has 5 heteroatoms. The van der Waals surface area contributed by atoms with Crippen LogP contribution >= 0.6 is 12.2 Å². The predicted molar refractivity (Wildman–Crippen MR) is 47.9 cm³/mol. The number of rotatable bonds is 1. The number of nitrogens with one attached hydrogen (secondary N) is 1. The molecule has 0 saturated heterocycles. The van der Waals surface area contributed by atoms with E-state index in [0.717, 1.165) is 12.8 Å². The summed E-state index contributed by atoms with van der Waals surface area (Å²) in [7, 11) is 0. The van der Waals surface area contributed by atoms with Gasteiger partial charge in [-0.05, 0) is 25.1 Å². The minimum Gasteiger partial charge on any atom is -0.414 e. The zero-order chi connectivity index (χ0) is 9.26. The maximum absolute atomic E-state index is 11.0. The molecule has 4 nitrogen and oxygen atoms in total. The van der Waals surface area contributed by atoms with Crippen LogP contribution in [0.1, 0.15) is 37.5 Å². The molecule has 0 amide bonds. The van der Waals surface area contributed by atoms with Gasteiger partial charge in [-0.3, -0.25) is 4.79 Å². The molecule has 1 fully saturated rings. The molecule has 1 heterocycles. The highest BCUT2D eigenvalue weighted by Crippen LogP contribution is 2.29. The molecule has 0 bridgehead atoms. The van der Waals surface area contributed by atoms with Gasteiger partial charge in [0, 0.05) is 18.8 Å². The Labute approximate surface area is 80.3 Å². The number of Topliss-reactive ketones (excluding diaryl/α,β-unsaturated/α-hetero) is 1. The fourth-order valence-corrected chi connectivity index (χ4v) is 1.73. The van der Waals surface area contributed by atoms with Crippen LogP contribution in [0.25, 0.3) is 0 Å². The lowest BCUT2D eigenvalue weighted by molar-refractivity contribution is -0.120. The van der Waals surface area contributed by atoms with Crippen LogP contribution in [0.3, 0.4) is 0 Å². The van der Waals surface area contributed by atoms with Crippen molar-refractivity contribution >= 4 is 18.0 Å². The van der Waals surface area contributed by atoms with Gasteiger partial charge in [-0.15, -0.1) is 5.10 Å². The van der Waals surface area contributed by atoms with Crippen LogP contribution in [0, 0.1) is 4.84 Å². The number of ketones is 1. The molecule has 1 aromatic rings. The smallest absolute Gasteiger partial charge is 0.284 e. The molecular formula is C8H10N2O2S. The van der Waals surface area contributed by atoms with Crippen LogP contribution < -0.4 is 0 Å². The van der Waals surface area contributed by atoms with Gasteiger partial charge >= 0.3 is 0 Å². The second-order valence-electron chi connectivity index (χ2n) is 3.26. The first-order chi connectivity index (χ1) is 6.25. The van der Waals surface area contributed by atoms with E-state index in [0.29, 0.717) is 29.4 Å². The van der Waals surface area contributed by atoms with Gasteiger partial charge in [0.25, 0.3) is 4.84 Å². The quantitative estimate of drug-likeness (QED) is 0.701. The minimum atomic E-state index is 0.269. The van der Waals surface area contributed by atoms with E-state index in [1.165, 1.54) is 0 Å². The summed E-state index contributed by atoms with van der Waals surface area (Å²) in [6, 6.07) is 0. The topological polar surface area (TPSA) is 58.9 Å². The Hall–Kier alpha value is -0.970. The molecule has 0 aromatic carbocycles. The summed E-state index contributed by atoms with van der Waals surface area (Å²) in [5, 5.41) is 6.55. The number of hydrogen-bond acceptors (Lipinski definition) is 4. The van der Waals surface area contributed by atoms with E-state index in [4.69, 9.17) is 16.6 Å². The van der Waals surface area contributed by atoms with Crippen molar-refractivity contribution in [1.82, 2.24) is 10.2 Å². The molecule has 70 valence electrons. The van der Waals surface area contributed by atoms with Gasteiger partial charge < -0.3 is 4.42 Å². The van der Waals surface area contributed by atoms with Crippen molar-refractivity contribution in [2.45, 2.75) is 31.6 Å². The average molecular weight is 198 g/mol. The number of carbonyl (C=O) groups is 1. The van der Waals surface area contributed by atoms with Crippen LogP contribution in [0.4, 0.5) is 0 Å². The molecule has 0 aliphatic heterocycles. The average Bonchev–Trinajstić information content (AvgIpc) is 2.53. The van der Waals surface area contributed by atoms with Crippen molar-refractivity contribution in [3.05, 3.63) is 10.7 Å². The van der Waals surface area contributed by atoms with E-state index in [9.17, 15) is 4.79 Å². The second kappa shape index (κ2) is 3.41. The normalized spacial score (nSPS) is 19.2. The molecule has 13 heavy (non-hydrogen) atoms. The molecule has 0 atom stereocenters. The summed E-state index contributed by atoms with van der Waals surface area (Å²) in [5.41, 5.74) is 0. The second-order valence-corrected chi connectivity index (χ2v) is 3.64. The molecule has 1 aliphatic rings. The van der Waals surface area contributed by atoms with Crippen LogP contribution in [0.5, 0.6) is 0 Å². The Morgan fingerprint density at radius 3 is 2.69 bits per heavy atom. The van der Waals surface area contributed by atoms with Gasteiger partial charge in [-0.1, -0.05) is 0 Å². The Morgan fingerprint density at radius 1 is 1.46 bits per heavy atom. The van der Waals surface area contributed by atoms with Gasteiger partial charge in [-0.2, -0.15) is 0 Å².